The predicted octanol–water partition coefficient (Wildman–Crippen LogP) is 2.11. The van der Waals surface area contributed by atoms with Crippen molar-refractivity contribution < 1.29 is 4.74 Å². The molecule has 1 saturated heterocycles. The van der Waals surface area contributed by atoms with Crippen LogP contribution >= 0.6 is 11.3 Å². The first kappa shape index (κ1) is 11.7. The van der Waals surface area contributed by atoms with Crippen LogP contribution < -0.4 is 11.1 Å². The number of ether oxygens (including phenoxy) is 1. The zero-order valence-corrected chi connectivity index (χ0v) is 11.0. The number of anilines is 2. The number of nitrogens with two attached hydrogens (primary N) is 1. The number of aromatic nitrogens is 2. The maximum Gasteiger partial charge on any atom is 0.223 e. The standard InChI is InChI=1S/C12H16N4OS/c1-7-8(2-4-17-7)6-14-10-9-3-5-18-11(9)16-12(13)15-10/h3,5,7-8H,2,4,6H2,1H3,(H3,13,14,15,16). The highest BCUT2D eigenvalue weighted by Crippen LogP contribution is 2.27. The van der Waals surface area contributed by atoms with Crippen LogP contribution in [0.4, 0.5) is 11.8 Å². The highest BCUT2D eigenvalue weighted by molar-refractivity contribution is 7.16. The van der Waals surface area contributed by atoms with Crippen molar-refractivity contribution in [3.05, 3.63) is 11.4 Å². The fourth-order valence-corrected chi connectivity index (χ4v) is 3.05. The monoisotopic (exact) mass is 264 g/mol. The Labute approximate surface area is 109 Å². The maximum absolute atomic E-state index is 5.71. The number of hydrogen-bond acceptors (Lipinski definition) is 6. The van der Waals surface area contributed by atoms with Crippen molar-refractivity contribution in [2.75, 3.05) is 24.2 Å². The van der Waals surface area contributed by atoms with Crippen LogP contribution in [0.1, 0.15) is 13.3 Å². The summed E-state index contributed by atoms with van der Waals surface area (Å²) < 4.78 is 5.55. The third kappa shape index (κ3) is 2.13. The third-order valence-corrected chi connectivity index (χ3v) is 4.21. The van der Waals surface area contributed by atoms with Crippen LogP contribution in [0.2, 0.25) is 0 Å². The number of hydrogen-bond donors (Lipinski definition) is 2. The lowest BCUT2D eigenvalue weighted by Gasteiger charge is -2.15. The Morgan fingerprint density at radius 3 is 3.22 bits per heavy atom. The third-order valence-electron chi connectivity index (χ3n) is 3.41. The summed E-state index contributed by atoms with van der Waals surface area (Å²) >= 11 is 1.58. The van der Waals surface area contributed by atoms with E-state index in [0.29, 0.717) is 18.0 Å². The molecule has 3 heterocycles. The van der Waals surface area contributed by atoms with E-state index in [1.807, 2.05) is 11.4 Å². The smallest absolute Gasteiger partial charge is 0.223 e. The number of nitrogen functional groups attached to an aromatic ring is 1. The van der Waals surface area contributed by atoms with E-state index in [0.717, 1.165) is 35.6 Å². The Hall–Kier alpha value is -1.40. The lowest BCUT2D eigenvalue weighted by Crippen LogP contribution is -2.21. The summed E-state index contributed by atoms with van der Waals surface area (Å²) in [7, 11) is 0. The second kappa shape index (κ2) is 4.70. The summed E-state index contributed by atoms with van der Waals surface area (Å²) in [4.78, 5) is 9.42. The molecule has 0 bridgehead atoms. The zero-order valence-electron chi connectivity index (χ0n) is 10.2. The minimum absolute atomic E-state index is 0.314. The molecular formula is C12H16N4OS. The normalized spacial score (nSPS) is 23.6. The van der Waals surface area contributed by atoms with Gasteiger partial charge in [0.2, 0.25) is 5.95 Å². The van der Waals surface area contributed by atoms with Gasteiger partial charge in [-0.1, -0.05) is 0 Å². The van der Waals surface area contributed by atoms with Crippen molar-refractivity contribution in [1.82, 2.24) is 9.97 Å². The van der Waals surface area contributed by atoms with Crippen molar-refractivity contribution in [2.45, 2.75) is 19.4 Å². The Morgan fingerprint density at radius 2 is 2.44 bits per heavy atom. The average molecular weight is 264 g/mol. The second-order valence-electron chi connectivity index (χ2n) is 4.58. The van der Waals surface area contributed by atoms with Crippen molar-refractivity contribution >= 4 is 33.3 Å². The molecular weight excluding hydrogens is 248 g/mol. The number of nitrogens with one attached hydrogen (secondary N) is 1. The lowest BCUT2D eigenvalue weighted by molar-refractivity contribution is 0.108. The number of nitrogens with zero attached hydrogens (tertiary/aromatic N) is 2. The lowest BCUT2D eigenvalue weighted by atomic mass is 10.0. The van der Waals surface area contributed by atoms with E-state index < -0.39 is 0 Å². The topological polar surface area (TPSA) is 73.1 Å². The van der Waals surface area contributed by atoms with Crippen molar-refractivity contribution in [1.29, 1.82) is 0 Å². The first-order valence-electron chi connectivity index (χ1n) is 6.10. The van der Waals surface area contributed by atoms with Crippen LogP contribution in [-0.4, -0.2) is 29.2 Å². The highest BCUT2D eigenvalue weighted by Gasteiger charge is 2.24. The minimum Gasteiger partial charge on any atom is -0.378 e. The molecule has 5 nitrogen and oxygen atoms in total. The van der Waals surface area contributed by atoms with Gasteiger partial charge in [-0.2, -0.15) is 4.98 Å². The van der Waals surface area contributed by atoms with Crippen LogP contribution in [0.25, 0.3) is 10.2 Å². The molecule has 2 unspecified atom stereocenters. The molecule has 0 amide bonds. The summed E-state index contributed by atoms with van der Waals surface area (Å²) in [5, 5.41) is 6.43. The van der Waals surface area contributed by atoms with E-state index >= 15 is 0 Å². The number of thiophene rings is 1. The van der Waals surface area contributed by atoms with Gasteiger partial charge in [0.1, 0.15) is 10.6 Å². The molecule has 2 atom stereocenters. The molecule has 96 valence electrons. The van der Waals surface area contributed by atoms with Gasteiger partial charge >= 0.3 is 0 Å². The van der Waals surface area contributed by atoms with Gasteiger partial charge in [0.15, 0.2) is 0 Å². The van der Waals surface area contributed by atoms with Crippen LogP contribution in [0.5, 0.6) is 0 Å². The summed E-state index contributed by atoms with van der Waals surface area (Å²) in [5.41, 5.74) is 5.71. The average Bonchev–Trinajstić information content (AvgIpc) is 2.94. The maximum atomic E-state index is 5.71. The van der Waals surface area contributed by atoms with Crippen LogP contribution in [0, 0.1) is 5.92 Å². The largest absolute Gasteiger partial charge is 0.378 e. The van der Waals surface area contributed by atoms with Gasteiger partial charge in [0, 0.05) is 19.1 Å². The predicted molar refractivity (Wildman–Crippen MR) is 73.8 cm³/mol. The molecule has 1 aliphatic heterocycles. The molecule has 2 aromatic rings. The highest BCUT2D eigenvalue weighted by atomic mass is 32.1. The molecule has 6 heteroatoms. The van der Waals surface area contributed by atoms with Crippen LogP contribution in [-0.2, 0) is 4.74 Å². The van der Waals surface area contributed by atoms with Gasteiger partial charge in [-0.05, 0) is 24.8 Å². The van der Waals surface area contributed by atoms with Gasteiger partial charge in [-0.15, -0.1) is 11.3 Å². The van der Waals surface area contributed by atoms with Gasteiger partial charge in [-0.25, -0.2) is 4.98 Å². The molecule has 0 aromatic carbocycles. The van der Waals surface area contributed by atoms with E-state index in [-0.39, 0.29) is 0 Å². The van der Waals surface area contributed by atoms with E-state index in [1.165, 1.54) is 0 Å². The molecule has 0 spiro atoms. The first-order chi connectivity index (χ1) is 8.74. The quantitative estimate of drug-likeness (QED) is 0.888. The summed E-state index contributed by atoms with van der Waals surface area (Å²) in [5.74, 6) is 1.69. The van der Waals surface area contributed by atoms with Gasteiger partial charge in [0.05, 0.1) is 11.5 Å². The molecule has 18 heavy (non-hydrogen) atoms. The van der Waals surface area contributed by atoms with Crippen molar-refractivity contribution in [3.8, 4) is 0 Å². The second-order valence-corrected chi connectivity index (χ2v) is 5.47. The molecule has 3 N–H and O–H groups in total. The number of fused-ring (bicyclic) bond motifs is 1. The molecule has 3 rings (SSSR count). The van der Waals surface area contributed by atoms with Crippen molar-refractivity contribution in [3.63, 3.8) is 0 Å². The van der Waals surface area contributed by atoms with Gasteiger partial charge in [0.25, 0.3) is 0 Å². The van der Waals surface area contributed by atoms with Crippen molar-refractivity contribution in [2.24, 2.45) is 5.92 Å². The van der Waals surface area contributed by atoms with Gasteiger partial charge < -0.3 is 15.8 Å². The summed E-state index contributed by atoms with van der Waals surface area (Å²) in [6, 6.07) is 2.02. The minimum atomic E-state index is 0.314. The molecule has 1 aliphatic rings. The fourth-order valence-electron chi connectivity index (χ4n) is 2.28. The van der Waals surface area contributed by atoms with E-state index in [1.54, 1.807) is 11.3 Å². The molecule has 1 fully saturated rings. The van der Waals surface area contributed by atoms with Crippen LogP contribution in [0.15, 0.2) is 11.4 Å². The first-order valence-corrected chi connectivity index (χ1v) is 6.98. The van der Waals surface area contributed by atoms with Gasteiger partial charge in [-0.3, -0.25) is 0 Å². The molecule has 0 saturated carbocycles. The summed E-state index contributed by atoms with van der Waals surface area (Å²) in [6.07, 6.45) is 1.41. The Morgan fingerprint density at radius 1 is 1.56 bits per heavy atom. The fraction of sp³-hybridized carbons (Fsp3) is 0.500. The van der Waals surface area contributed by atoms with E-state index in [2.05, 4.69) is 22.2 Å². The Kier molecular flexibility index (Phi) is 3.05. The van der Waals surface area contributed by atoms with E-state index in [4.69, 9.17) is 10.5 Å². The number of rotatable bonds is 3. The summed E-state index contributed by atoms with van der Waals surface area (Å²) in [6.45, 7) is 3.84. The zero-order chi connectivity index (χ0) is 12.5. The Balaban J connectivity index is 1.79. The Bertz CT molecular complexity index is 556. The molecule has 0 aliphatic carbocycles. The van der Waals surface area contributed by atoms with E-state index in [9.17, 15) is 0 Å². The SMILES string of the molecule is CC1OCCC1CNc1nc(N)nc2sccc12. The van der Waals surface area contributed by atoms with Crippen LogP contribution in [0.3, 0.4) is 0 Å². The molecule has 0 radical (unpaired) electrons. The molecule has 2 aromatic heterocycles.